The van der Waals surface area contributed by atoms with Crippen LogP contribution in [0.4, 0.5) is 4.39 Å². The lowest BCUT2D eigenvalue weighted by molar-refractivity contribution is 0.0481. The highest BCUT2D eigenvalue weighted by molar-refractivity contribution is 5.89. The number of aromatic amines is 1. The van der Waals surface area contributed by atoms with E-state index in [-0.39, 0.29) is 17.9 Å². The number of benzene rings is 1. The zero-order chi connectivity index (χ0) is 19.1. The summed E-state index contributed by atoms with van der Waals surface area (Å²) in [6.45, 7) is 5.18. The number of esters is 1. The third-order valence-corrected chi connectivity index (χ3v) is 4.05. The van der Waals surface area contributed by atoms with Crippen molar-refractivity contribution in [3.05, 3.63) is 46.5 Å². The minimum absolute atomic E-state index is 0.0627. The van der Waals surface area contributed by atoms with Gasteiger partial charge in [0.1, 0.15) is 6.61 Å². The lowest BCUT2D eigenvalue weighted by Crippen LogP contribution is -2.20. The lowest BCUT2D eigenvalue weighted by atomic mass is 10.1. The molecule has 0 aliphatic carbocycles. The van der Waals surface area contributed by atoms with Gasteiger partial charge in [-0.1, -0.05) is 0 Å². The van der Waals surface area contributed by atoms with Crippen LogP contribution >= 0.6 is 0 Å². The van der Waals surface area contributed by atoms with Crippen LogP contribution in [0, 0.1) is 19.7 Å². The summed E-state index contributed by atoms with van der Waals surface area (Å²) in [5.41, 5.74) is 3.45. The first kappa shape index (κ1) is 19.9. The van der Waals surface area contributed by atoms with E-state index in [1.54, 1.807) is 0 Å². The van der Waals surface area contributed by atoms with E-state index in [2.05, 4.69) is 10.2 Å². The number of ether oxygens (including phenoxy) is 2. The van der Waals surface area contributed by atoms with E-state index in [1.165, 1.54) is 18.2 Å². The summed E-state index contributed by atoms with van der Waals surface area (Å²) in [6, 6.07) is 4.02. The van der Waals surface area contributed by atoms with Crippen molar-refractivity contribution in [3.63, 3.8) is 0 Å². The van der Waals surface area contributed by atoms with E-state index < -0.39 is 11.8 Å². The third-order valence-electron chi connectivity index (χ3n) is 4.05. The SMILES string of the molecule is Cc1n[nH]c(C)c1CCCOc1cc(C(=O)OCCN(C)C)ccc1F. The van der Waals surface area contributed by atoms with Crippen LogP contribution in [0.15, 0.2) is 18.2 Å². The molecule has 1 N–H and O–H groups in total. The molecule has 7 heteroatoms. The number of rotatable bonds is 9. The maximum Gasteiger partial charge on any atom is 0.338 e. The Hall–Kier alpha value is -2.41. The van der Waals surface area contributed by atoms with Crippen molar-refractivity contribution >= 4 is 5.97 Å². The Balaban J connectivity index is 1.87. The van der Waals surface area contributed by atoms with Crippen LogP contribution < -0.4 is 4.74 Å². The molecule has 0 amide bonds. The van der Waals surface area contributed by atoms with Crippen molar-refractivity contribution in [2.45, 2.75) is 26.7 Å². The first-order chi connectivity index (χ1) is 12.4. The van der Waals surface area contributed by atoms with E-state index in [1.807, 2.05) is 32.8 Å². The van der Waals surface area contributed by atoms with Crippen LogP contribution in [-0.2, 0) is 11.2 Å². The zero-order valence-corrected chi connectivity index (χ0v) is 15.8. The molecule has 0 saturated carbocycles. The molecule has 2 rings (SSSR count). The highest BCUT2D eigenvalue weighted by atomic mass is 19.1. The molecule has 0 saturated heterocycles. The number of hydrogen-bond donors (Lipinski definition) is 1. The molecule has 0 unspecified atom stereocenters. The molecule has 1 aromatic heterocycles. The molecule has 26 heavy (non-hydrogen) atoms. The van der Waals surface area contributed by atoms with Gasteiger partial charge in [0.25, 0.3) is 0 Å². The van der Waals surface area contributed by atoms with E-state index >= 15 is 0 Å². The summed E-state index contributed by atoms with van der Waals surface area (Å²) in [7, 11) is 3.79. The maximum absolute atomic E-state index is 13.9. The van der Waals surface area contributed by atoms with E-state index in [0.29, 0.717) is 13.2 Å². The number of aromatic nitrogens is 2. The fourth-order valence-electron chi connectivity index (χ4n) is 2.52. The average molecular weight is 363 g/mol. The van der Waals surface area contributed by atoms with Crippen LogP contribution in [0.25, 0.3) is 0 Å². The molecule has 0 aliphatic rings. The van der Waals surface area contributed by atoms with Gasteiger partial charge in [-0.2, -0.15) is 5.10 Å². The van der Waals surface area contributed by atoms with Gasteiger partial charge in [-0.05, 0) is 64.5 Å². The number of halogens is 1. The number of aryl methyl sites for hydroxylation is 2. The minimum Gasteiger partial charge on any atom is -0.490 e. The molecule has 1 aromatic carbocycles. The van der Waals surface area contributed by atoms with Gasteiger partial charge < -0.3 is 14.4 Å². The largest absolute Gasteiger partial charge is 0.490 e. The number of likely N-dealkylation sites (N-methyl/N-ethyl adjacent to an activating group) is 1. The molecule has 2 aromatic rings. The average Bonchev–Trinajstić information content (AvgIpc) is 2.91. The van der Waals surface area contributed by atoms with Gasteiger partial charge in [-0.15, -0.1) is 0 Å². The Labute approximate surface area is 153 Å². The molecule has 0 aliphatic heterocycles. The number of nitrogens with one attached hydrogen (secondary N) is 1. The summed E-state index contributed by atoms with van der Waals surface area (Å²) in [5, 5.41) is 7.10. The van der Waals surface area contributed by atoms with E-state index in [4.69, 9.17) is 9.47 Å². The van der Waals surface area contributed by atoms with Gasteiger partial charge in [0, 0.05) is 12.2 Å². The smallest absolute Gasteiger partial charge is 0.338 e. The molecule has 0 atom stereocenters. The minimum atomic E-state index is -0.495. The van der Waals surface area contributed by atoms with Crippen LogP contribution in [-0.4, -0.2) is 54.9 Å². The zero-order valence-electron chi connectivity index (χ0n) is 15.8. The van der Waals surface area contributed by atoms with Crippen LogP contribution in [0.5, 0.6) is 5.75 Å². The van der Waals surface area contributed by atoms with Crippen molar-refractivity contribution in [1.82, 2.24) is 15.1 Å². The molecule has 0 radical (unpaired) electrons. The molecule has 0 fully saturated rings. The Kier molecular flexibility index (Phi) is 7.15. The maximum atomic E-state index is 13.9. The van der Waals surface area contributed by atoms with Gasteiger partial charge in [0.15, 0.2) is 11.6 Å². The summed E-state index contributed by atoms with van der Waals surface area (Å²) < 4.78 is 24.6. The highest BCUT2D eigenvalue weighted by Gasteiger charge is 2.12. The van der Waals surface area contributed by atoms with E-state index in [0.717, 1.165) is 29.8 Å². The Bertz CT molecular complexity index is 724. The van der Waals surface area contributed by atoms with Crippen molar-refractivity contribution < 1.29 is 18.7 Å². The lowest BCUT2D eigenvalue weighted by Gasteiger charge is -2.11. The molecule has 1 heterocycles. The molecular formula is C19H26FN3O3. The predicted octanol–water partition coefficient (Wildman–Crippen LogP) is 2.90. The Morgan fingerprint density at radius 1 is 1.27 bits per heavy atom. The van der Waals surface area contributed by atoms with Crippen molar-refractivity contribution in [3.8, 4) is 5.75 Å². The Morgan fingerprint density at radius 3 is 2.69 bits per heavy atom. The summed E-state index contributed by atoms with van der Waals surface area (Å²) >= 11 is 0. The number of H-pyrrole nitrogens is 1. The summed E-state index contributed by atoms with van der Waals surface area (Å²) in [5.74, 6) is -0.917. The molecule has 0 spiro atoms. The molecular weight excluding hydrogens is 337 g/mol. The van der Waals surface area contributed by atoms with Crippen LogP contribution in [0.1, 0.15) is 33.7 Å². The molecule has 142 valence electrons. The topological polar surface area (TPSA) is 67.4 Å². The predicted molar refractivity (Wildman–Crippen MR) is 97.1 cm³/mol. The number of nitrogens with zero attached hydrogens (tertiary/aromatic N) is 2. The number of carbonyl (C=O) groups excluding carboxylic acids is 1. The first-order valence-corrected chi connectivity index (χ1v) is 8.63. The Morgan fingerprint density at radius 2 is 2.04 bits per heavy atom. The fourth-order valence-corrected chi connectivity index (χ4v) is 2.52. The second-order valence-corrected chi connectivity index (χ2v) is 6.45. The van der Waals surface area contributed by atoms with Crippen LogP contribution in [0.3, 0.4) is 0 Å². The van der Waals surface area contributed by atoms with Gasteiger partial charge in [0.2, 0.25) is 0 Å². The second-order valence-electron chi connectivity index (χ2n) is 6.45. The normalized spacial score (nSPS) is 11.0. The van der Waals surface area contributed by atoms with Gasteiger partial charge in [-0.3, -0.25) is 5.10 Å². The quantitative estimate of drug-likeness (QED) is 0.548. The first-order valence-electron chi connectivity index (χ1n) is 8.63. The van der Waals surface area contributed by atoms with Crippen molar-refractivity contribution in [2.75, 3.05) is 33.9 Å². The van der Waals surface area contributed by atoms with Gasteiger partial charge >= 0.3 is 5.97 Å². The standard InChI is InChI=1S/C19H26FN3O3/c1-13-16(14(2)22-21-13)6-5-10-25-18-12-15(7-8-17(18)20)19(24)26-11-9-23(3)4/h7-8,12H,5-6,9-11H2,1-4H3,(H,21,22). The highest BCUT2D eigenvalue weighted by Crippen LogP contribution is 2.20. The number of hydrogen-bond acceptors (Lipinski definition) is 5. The fraction of sp³-hybridized carbons (Fsp3) is 0.474. The van der Waals surface area contributed by atoms with Crippen molar-refractivity contribution in [1.29, 1.82) is 0 Å². The summed E-state index contributed by atoms with van der Waals surface area (Å²) in [4.78, 5) is 13.9. The monoisotopic (exact) mass is 363 g/mol. The molecule has 0 bridgehead atoms. The van der Waals surface area contributed by atoms with Gasteiger partial charge in [0.05, 0.1) is 17.9 Å². The van der Waals surface area contributed by atoms with E-state index in [9.17, 15) is 9.18 Å². The second kappa shape index (κ2) is 9.33. The summed E-state index contributed by atoms with van der Waals surface area (Å²) in [6.07, 6.45) is 1.51. The number of carbonyl (C=O) groups is 1. The van der Waals surface area contributed by atoms with Gasteiger partial charge in [-0.25, -0.2) is 9.18 Å². The van der Waals surface area contributed by atoms with Crippen molar-refractivity contribution in [2.24, 2.45) is 0 Å². The van der Waals surface area contributed by atoms with Crippen LogP contribution in [0.2, 0.25) is 0 Å². The third kappa shape index (κ3) is 5.56. The molecule has 6 nitrogen and oxygen atoms in total.